The lowest BCUT2D eigenvalue weighted by Crippen LogP contribution is -2.42. The maximum Gasteiger partial charge on any atom is 0.419 e. The SMILES string of the molecule is C=CC(=O)NC1COc2c(cccc2Oc2ccc(C(F)(F)F)c(Cl)n2)C1. The first-order valence-electron chi connectivity index (χ1n) is 7.87. The molecule has 1 aromatic carbocycles. The highest BCUT2D eigenvalue weighted by Crippen LogP contribution is 2.39. The fraction of sp³-hybridized carbons (Fsp3) is 0.222. The molecule has 0 bridgehead atoms. The van der Waals surface area contributed by atoms with E-state index in [1.807, 2.05) is 6.07 Å². The molecule has 0 radical (unpaired) electrons. The summed E-state index contributed by atoms with van der Waals surface area (Å²) in [7, 11) is 0. The van der Waals surface area contributed by atoms with Crippen LogP contribution >= 0.6 is 11.6 Å². The van der Waals surface area contributed by atoms with Gasteiger partial charge in [-0.15, -0.1) is 0 Å². The zero-order valence-corrected chi connectivity index (χ0v) is 14.6. The standard InChI is InChI=1S/C18H14ClF3N2O3/c1-2-14(25)23-11-8-10-4-3-5-13(16(10)26-9-11)27-15-7-6-12(17(19)24-15)18(20,21)22/h2-7,11H,1,8-9H2,(H,23,25). The first kappa shape index (κ1) is 19.0. The number of hydrogen-bond donors (Lipinski definition) is 1. The Morgan fingerprint density at radius 2 is 2.15 bits per heavy atom. The van der Waals surface area contributed by atoms with Crippen molar-refractivity contribution in [3.63, 3.8) is 0 Å². The molecule has 2 aromatic rings. The lowest BCUT2D eigenvalue weighted by Gasteiger charge is -2.27. The van der Waals surface area contributed by atoms with E-state index in [0.29, 0.717) is 17.9 Å². The van der Waals surface area contributed by atoms with Crippen LogP contribution in [0.4, 0.5) is 13.2 Å². The fourth-order valence-electron chi connectivity index (χ4n) is 2.63. The Morgan fingerprint density at radius 3 is 2.81 bits per heavy atom. The lowest BCUT2D eigenvalue weighted by atomic mass is 10.0. The number of alkyl halides is 3. The van der Waals surface area contributed by atoms with Gasteiger partial charge in [0, 0.05) is 11.6 Å². The average Bonchev–Trinajstić information content (AvgIpc) is 2.60. The Bertz CT molecular complexity index is 887. The van der Waals surface area contributed by atoms with Crippen LogP contribution in [0.1, 0.15) is 11.1 Å². The summed E-state index contributed by atoms with van der Waals surface area (Å²) in [6, 6.07) is 6.79. The molecule has 5 nitrogen and oxygen atoms in total. The Balaban J connectivity index is 1.80. The minimum absolute atomic E-state index is 0.0907. The quantitative estimate of drug-likeness (QED) is 0.621. The molecular formula is C18H14ClF3N2O3. The molecular weight excluding hydrogens is 385 g/mol. The number of nitrogens with one attached hydrogen (secondary N) is 1. The van der Waals surface area contributed by atoms with Gasteiger partial charge in [-0.05, 0) is 24.6 Å². The van der Waals surface area contributed by atoms with E-state index in [9.17, 15) is 18.0 Å². The molecule has 0 spiro atoms. The van der Waals surface area contributed by atoms with Gasteiger partial charge in [-0.3, -0.25) is 4.79 Å². The van der Waals surface area contributed by atoms with Crippen molar-refractivity contribution < 1.29 is 27.4 Å². The van der Waals surface area contributed by atoms with Gasteiger partial charge in [-0.2, -0.15) is 13.2 Å². The largest absolute Gasteiger partial charge is 0.487 e. The van der Waals surface area contributed by atoms with Crippen molar-refractivity contribution in [3.8, 4) is 17.4 Å². The van der Waals surface area contributed by atoms with Crippen LogP contribution in [0.15, 0.2) is 43.0 Å². The molecule has 1 aromatic heterocycles. The highest BCUT2D eigenvalue weighted by molar-refractivity contribution is 6.30. The van der Waals surface area contributed by atoms with E-state index in [-0.39, 0.29) is 24.4 Å². The summed E-state index contributed by atoms with van der Waals surface area (Å²) in [6.07, 6.45) is -2.91. The van der Waals surface area contributed by atoms with Gasteiger partial charge < -0.3 is 14.8 Å². The molecule has 27 heavy (non-hydrogen) atoms. The summed E-state index contributed by atoms with van der Waals surface area (Å²) in [6.45, 7) is 3.62. The summed E-state index contributed by atoms with van der Waals surface area (Å²) >= 11 is 5.61. The molecule has 2 heterocycles. The summed E-state index contributed by atoms with van der Waals surface area (Å²) in [5, 5.41) is 2.05. The van der Waals surface area contributed by atoms with Crippen LogP contribution in [0.25, 0.3) is 0 Å². The zero-order chi connectivity index (χ0) is 19.6. The third kappa shape index (κ3) is 4.33. The smallest absolute Gasteiger partial charge is 0.419 e. The van der Waals surface area contributed by atoms with Gasteiger partial charge in [0.25, 0.3) is 0 Å². The van der Waals surface area contributed by atoms with Gasteiger partial charge in [0.15, 0.2) is 11.5 Å². The lowest BCUT2D eigenvalue weighted by molar-refractivity contribution is -0.137. The maximum absolute atomic E-state index is 12.8. The zero-order valence-electron chi connectivity index (χ0n) is 13.8. The van der Waals surface area contributed by atoms with Crippen LogP contribution in [0.2, 0.25) is 5.15 Å². The number of benzene rings is 1. The second kappa shape index (κ2) is 7.48. The number of pyridine rings is 1. The van der Waals surface area contributed by atoms with Crippen molar-refractivity contribution in [1.29, 1.82) is 0 Å². The second-order valence-electron chi connectivity index (χ2n) is 5.76. The summed E-state index contributed by atoms with van der Waals surface area (Å²) in [5.74, 6) is 0.346. The number of fused-ring (bicyclic) bond motifs is 1. The van der Waals surface area contributed by atoms with Crippen molar-refractivity contribution in [2.24, 2.45) is 0 Å². The first-order chi connectivity index (χ1) is 12.8. The number of aromatic nitrogens is 1. The Kier molecular flexibility index (Phi) is 5.27. The number of ether oxygens (including phenoxy) is 2. The van der Waals surface area contributed by atoms with Crippen molar-refractivity contribution in [1.82, 2.24) is 10.3 Å². The predicted molar refractivity (Wildman–Crippen MR) is 92.1 cm³/mol. The summed E-state index contributed by atoms with van der Waals surface area (Å²) in [5.41, 5.74) is -0.255. The maximum atomic E-state index is 12.8. The van der Waals surface area contributed by atoms with Crippen molar-refractivity contribution in [2.75, 3.05) is 6.61 Å². The monoisotopic (exact) mass is 398 g/mol. The number of halogens is 4. The second-order valence-corrected chi connectivity index (χ2v) is 6.11. The van der Waals surface area contributed by atoms with Crippen LogP contribution in [0, 0.1) is 0 Å². The van der Waals surface area contributed by atoms with E-state index >= 15 is 0 Å². The van der Waals surface area contributed by atoms with Gasteiger partial charge in [-0.25, -0.2) is 4.98 Å². The normalized spacial score (nSPS) is 16.1. The Labute approximate surface area is 157 Å². The molecule has 1 aliphatic rings. The van der Waals surface area contributed by atoms with Crippen LogP contribution in [-0.4, -0.2) is 23.5 Å². The van der Waals surface area contributed by atoms with Gasteiger partial charge in [0.05, 0.1) is 11.6 Å². The number of para-hydroxylation sites is 1. The minimum atomic E-state index is -4.59. The van der Waals surface area contributed by atoms with E-state index in [4.69, 9.17) is 21.1 Å². The predicted octanol–water partition coefficient (Wildman–Crippen LogP) is 4.15. The van der Waals surface area contributed by atoms with E-state index in [1.165, 1.54) is 6.08 Å². The highest BCUT2D eigenvalue weighted by Gasteiger charge is 2.34. The molecule has 0 saturated carbocycles. The van der Waals surface area contributed by atoms with Crippen LogP contribution in [-0.2, 0) is 17.4 Å². The number of hydrogen-bond acceptors (Lipinski definition) is 4. The molecule has 3 rings (SSSR count). The van der Waals surface area contributed by atoms with Crippen molar-refractivity contribution in [3.05, 3.63) is 59.3 Å². The topological polar surface area (TPSA) is 60.5 Å². The third-order valence-electron chi connectivity index (χ3n) is 3.83. The number of rotatable bonds is 4. The third-order valence-corrected chi connectivity index (χ3v) is 4.12. The van der Waals surface area contributed by atoms with E-state index < -0.39 is 16.9 Å². The van der Waals surface area contributed by atoms with Gasteiger partial charge in [-0.1, -0.05) is 30.3 Å². The van der Waals surface area contributed by atoms with Gasteiger partial charge in [0.1, 0.15) is 11.8 Å². The molecule has 1 N–H and O–H groups in total. The minimum Gasteiger partial charge on any atom is -0.487 e. The average molecular weight is 399 g/mol. The first-order valence-corrected chi connectivity index (χ1v) is 8.25. The molecule has 1 atom stereocenters. The number of carbonyl (C=O) groups excluding carboxylic acids is 1. The highest BCUT2D eigenvalue weighted by atomic mass is 35.5. The van der Waals surface area contributed by atoms with Crippen LogP contribution in [0.3, 0.4) is 0 Å². The molecule has 9 heteroatoms. The van der Waals surface area contributed by atoms with Crippen molar-refractivity contribution in [2.45, 2.75) is 18.6 Å². The van der Waals surface area contributed by atoms with E-state index in [1.54, 1.807) is 12.1 Å². The Morgan fingerprint density at radius 1 is 1.37 bits per heavy atom. The van der Waals surface area contributed by atoms with E-state index in [0.717, 1.165) is 17.7 Å². The number of amides is 1. The van der Waals surface area contributed by atoms with Crippen LogP contribution < -0.4 is 14.8 Å². The number of carbonyl (C=O) groups is 1. The molecule has 1 amide bonds. The van der Waals surface area contributed by atoms with E-state index in [2.05, 4.69) is 16.9 Å². The fourth-order valence-corrected chi connectivity index (χ4v) is 2.88. The van der Waals surface area contributed by atoms with Gasteiger partial charge in [0.2, 0.25) is 11.8 Å². The molecule has 0 saturated heterocycles. The summed E-state index contributed by atoms with van der Waals surface area (Å²) < 4.78 is 49.5. The molecule has 1 aliphatic heterocycles. The van der Waals surface area contributed by atoms with Crippen LogP contribution in [0.5, 0.6) is 17.4 Å². The molecule has 1 unspecified atom stereocenters. The molecule has 0 fully saturated rings. The number of nitrogens with zero attached hydrogens (tertiary/aromatic N) is 1. The Hall–Kier alpha value is -2.74. The molecule has 142 valence electrons. The van der Waals surface area contributed by atoms with Gasteiger partial charge >= 0.3 is 6.18 Å². The molecule has 0 aliphatic carbocycles. The summed E-state index contributed by atoms with van der Waals surface area (Å²) in [4.78, 5) is 15.1. The van der Waals surface area contributed by atoms with Crippen molar-refractivity contribution >= 4 is 17.5 Å².